The maximum Gasteiger partial charge on any atom is 0.178 e. The van der Waals surface area contributed by atoms with Crippen LogP contribution in [0.4, 0.5) is 0 Å². The first-order valence-corrected chi connectivity index (χ1v) is 9.72. The number of aromatic nitrogens is 4. The molecule has 0 spiro atoms. The summed E-state index contributed by atoms with van der Waals surface area (Å²) in [6.45, 7) is 2.92. The van der Waals surface area contributed by atoms with Crippen LogP contribution in [0.5, 0.6) is 0 Å². The Morgan fingerprint density at radius 3 is 2.91 bits per heavy atom. The second kappa shape index (κ2) is 6.45. The fourth-order valence-corrected chi connectivity index (χ4v) is 4.10. The number of piperidine rings is 1. The molecule has 3 rings (SSSR count). The number of hydrogen-bond acceptors (Lipinski definition) is 5. The number of aromatic amines is 1. The van der Waals surface area contributed by atoms with Gasteiger partial charge in [-0.3, -0.25) is 10.00 Å². The van der Waals surface area contributed by atoms with E-state index in [1.54, 1.807) is 0 Å². The van der Waals surface area contributed by atoms with Gasteiger partial charge < -0.3 is 4.57 Å². The van der Waals surface area contributed by atoms with Crippen molar-refractivity contribution in [3.05, 3.63) is 30.1 Å². The second-order valence-corrected chi connectivity index (χ2v) is 8.41. The molecule has 0 bridgehead atoms. The Bertz CT molecular complexity index is 764. The molecule has 1 aliphatic rings. The molecule has 0 amide bonds. The minimum absolute atomic E-state index is 0.334. The monoisotopic (exact) mass is 337 g/mol. The molecule has 7 nitrogen and oxygen atoms in total. The molecule has 8 heteroatoms. The number of hydrogen-bond donors (Lipinski definition) is 1. The zero-order valence-electron chi connectivity index (χ0n) is 13.6. The van der Waals surface area contributed by atoms with E-state index in [2.05, 4.69) is 20.1 Å². The number of likely N-dealkylation sites (tertiary alicyclic amines) is 1. The van der Waals surface area contributed by atoms with Crippen LogP contribution < -0.4 is 0 Å². The normalized spacial score (nSPS) is 20.0. The van der Waals surface area contributed by atoms with Gasteiger partial charge in [-0.05, 0) is 31.7 Å². The van der Waals surface area contributed by atoms with Crippen molar-refractivity contribution < 1.29 is 8.42 Å². The van der Waals surface area contributed by atoms with Crippen LogP contribution in [0.25, 0.3) is 0 Å². The Morgan fingerprint density at radius 2 is 2.22 bits per heavy atom. The van der Waals surface area contributed by atoms with Crippen molar-refractivity contribution in [3.8, 4) is 0 Å². The summed E-state index contributed by atoms with van der Waals surface area (Å²) in [6.07, 6.45) is 9.34. The van der Waals surface area contributed by atoms with E-state index in [1.807, 2.05) is 24.1 Å². The first kappa shape index (κ1) is 16.2. The van der Waals surface area contributed by atoms with Crippen LogP contribution in [0.2, 0.25) is 0 Å². The molecule has 1 saturated heterocycles. The maximum absolute atomic E-state index is 11.8. The lowest BCUT2D eigenvalue weighted by Gasteiger charge is -2.32. The summed E-state index contributed by atoms with van der Waals surface area (Å²) < 4.78 is 25.6. The number of sulfone groups is 1. The smallest absolute Gasteiger partial charge is 0.178 e. The van der Waals surface area contributed by atoms with Crippen LogP contribution in [-0.2, 0) is 29.9 Å². The minimum Gasteiger partial charge on any atom is -0.337 e. The van der Waals surface area contributed by atoms with Crippen molar-refractivity contribution in [1.29, 1.82) is 0 Å². The molecule has 0 aromatic carbocycles. The van der Waals surface area contributed by atoms with Gasteiger partial charge in [-0.25, -0.2) is 13.4 Å². The van der Waals surface area contributed by atoms with Crippen molar-refractivity contribution in [3.63, 3.8) is 0 Å². The molecule has 0 saturated carbocycles. The van der Waals surface area contributed by atoms with Crippen LogP contribution in [0.1, 0.15) is 24.2 Å². The third kappa shape index (κ3) is 3.81. The quantitative estimate of drug-likeness (QED) is 0.880. The zero-order valence-corrected chi connectivity index (χ0v) is 14.4. The van der Waals surface area contributed by atoms with Gasteiger partial charge in [-0.15, -0.1) is 0 Å². The largest absolute Gasteiger partial charge is 0.337 e. The summed E-state index contributed by atoms with van der Waals surface area (Å²) >= 11 is 0. The highest BCUT2D eigenvalue weighted by Crippen LogP contribution is 2.24. The average Bonchev–Trinajstić information content (AvgIpc) is 3.09. The predicted molar refractivity (Wildman–Crippen MR) is 86.6 cm³/mol. The molecule has 0 unspecified atom stereocenters. The van der Waals surface area contributed by atoms with Crippen molar-refractivity contribution in [1.82, 2.24) is 24.6 Å². The highest BCUT2D eigenvalue weighted by Gasteiger charge is 2.24. The van der Waals surface area contributed by atoms with Gasteiger partial charge in [0.15, 0.2) is 9.84 Å². The second-order valence-electron chi connectivity index (χ2n) is 6.43. The number of imidazole rings is 1. The van der Waals surface area contributed by atoms with Gasteiger partial charge in [0, 0.05) is 32.6 Å². The van der Waals surface area contributed by atoms with Crippen molar-refractivity contribution in [2.75, 3.05) is 19.3 Å². The molecule has 1 aliphatic heterocycles. The maximum atomic E-state index is 11.8. The fraction of sp³-hybridized carbons (Fsp3) is 0.600. The van der Waals surface area contributed by atoms with E-state index in [1.165, 1.54) is 18.1 Å². The summed E-state index contributed by atoms with van der Waals surface area (Å²) in [4.78, 5) is 6.91. The first-order valence-electron chi connectivity index (χ1n) is 7.83. The number of aryl methyl sites for hydroxylation is 1. The molecule has 3 heterocycles. The van der Waals surface area contributed by atoms with Crippen LogP contribution in [0.15, 0.2) is 23.6 Å². The third-order valence-electron chi connectivity index (χ3n) is 4.48. The van der Waals surface area contributed by atoms with Gasteiger partial charge in [0.2, 0.25) is 0 Å². The molecule has 1 atom stereocenters. The van der Waals surface area contributed by atoms with Gasteiger partial charge in [0.25, 0.3) is 0 Å². The lowest BCUT2D eigenvalue weighted by atomic mass is 9.93. The molecular weight excluding hydrogens is 314 g/mol. The third-order valence-corrected chi connectivity index (χ3v) is 5.63. The molecule has 1 N–H and O–H groups in total. The van der Waals surface area contributed by atoms with Crippen LogP contribution in [0, 0.1) is 5.92 Å². The standard InChI is InChI=1S/C15H23N5O2S/c1-19-11-16-7-13(19)10-20-5-3-4-12(9-20)6-14-15(8-17-18-14)23(2,21)22/h7-8,11-12H,3-6,9-10H2,1-2H3,(H,17,18)/t12-/m0/s1. The highest BCUT2D eigenvalue weighted by atomic mass is 32.2. The number of nitrogens with one attached hydrogen (secondary N) is 1. The Kier molecular flexibility index (Phi) is 4.54. The topological polar surface area (TPSA) is 83.9 Å². The average molecular weight is 337 g/mol. The van der Waals surface area contributed by atoms with E-state index in [0.717, 1.165) is 44.6 Å². The SMILES string of the molecule is Cn1cncc1CN1CCC[C@@H](Cc2[nH]ncc2S(C)(=O)=O)C1. The fourth-order valence-electron chi connectivity index (χ4n) is 3.28. The Labute approximate surface area is 136 Å². The summed E-state index contributed by atoms with van der Waals surface area (Å²) in [5.74, 6) is 0.443. The van der Waals surface area contributed by atoms with E-state index >= 15 is 0 Å². The van der Waals surface area contributed by atoms with E-state index in [-0.39, 0.29) is 0 Å². The summed E-state index contributed by atoms with van der Waals surface area (Å²) in [6, 6.07) is 0. The molecule has 0 aliphatic carbocycles. The summed E-state index contributed by atoms with van der Waals surface area (Å²) in [5.41, 5.74) is 1.93. The molecular formula is C15H23N5O2S. The van der Waals surface area contributed by atoms with Crippen LogP contribution in [0.3, 0.4) is 0 Å². The molecule has 23 heavy (non-hydrogen) atoms. The predicted octanol–water partition coefficient (Wildman–Crippen LogP) is 1.00. The molecule has 126 valence electrons. The highest BCUT2D eigenvalue weighted by molar-refractivity contribution is 7.90. The van der Waals surface area contributed by atoms with E-state index in [9.17, 15) is 8.42 Å². The van der Waals surface area contributed by atoms with Gasteiger partial charge in [-0.2, -0.15) is 5.10 Å². The van der Waals surface area contributed by atoms with Crippen molar-refractivity contribution in [2.45, 2.75) is 30.7 Å². The van der Waals surface area contributed by atoms with Gasteiger partial charge >= 0.3 is 0 Å². The molecule has 2 aromatic heterocycles. The number of nitrogens with zero attached hydrogens (tertiary/aromatic N) is 4. The lowest BCUT2D eigenvalue weighted by molar-refractivity contribution is 0.163. The lowest BCUT2D eigenvalue weighted by Crippen LogP contribution is -2.36. The Hall–Kier alpha value is -1.67. The molecule has 1 fully saturated rings. The van der Waals surface area contributed by atoms with Crippen LogP contribution in [-0.4, -0.2) is 52.4 Å². The number of H-pyrrole nitrogens is 1. The van der Waals surface area contributed by atoms with Crippen LogP contribution >= 0.6 is 0 Å². The minimum atomic E-state index is -3.22. The summed E-state index contributed by atoms with van der Waals surface area (Å²) in [7, 11) is -1.21. The van der Waals surface area contributed by atoms with E-state index in [0.29, 0.717) is 10.8 Å². The van der Waals surface area contributed by atoms with Crippen molar-refractivity contribution in [2.24, 2.45) is 13.0 Å². The first-order chi connectivity index (χ1) is 10.9. The zero-order chi connectivity index (χ0) is 16.4. The summed E-state index contributed by atoms with van der Waals surface area (Å²) in [5, 5.41) is 6.78. The molecule has 2 aromatic rings. The van der Waals surface area contributed by atoms with E-state index < -0.39 is 9.84 Å². The van der Waals surface area contributed by atoms with Gasteiger partial charge in [0.05, 0.1) is 23.9 Å². The Balaban J connectivity index is 1.65. The Morgan fingerprint density at radius 1 is 1.39 bits per heavy atom. The number of rotatable bonds is 5. The van der Waals surface area contributed by atoms with Gasteiger partial charge in [-0.1, -0.05) is 0 Å². The van der Waals surface area contributed by atoms with Gasteiger partial charge in [0.1, 0.15) is 4.90 Å². The van der Waals surface area contributed by atoms with Crippen molar-refractivity contribution >= 4 is 9.84 Å². The van der Waals surface area contributed by atoms with E-state index in [4.69, 9.17) is 0 Å². The molecule has 0 radical (unpaired) electrons.